The highest BCUT2D eigenvalue weighted by Crippen LogP contribution is 2.28. The molecule has 10 heteroatoms. The lowest BCUT2D eigenvalue weighted by atomic mass is 10.3. The second-order valence-corrected chi connectivity index (χ2v) is 9.54. The topological polar surface area (TPSA) is 87.2 Å². The quantitative estimate of drug-likeness (QED) is 0.620. The molecule has 0 aliphatic heterocycles. The predicted octanol–water partition coefficient (Wildman–Crippen LogP) is 4.11. The van der Waals surface area contributed by atoms with Gasteiger partial charge in [-0.25, -0.2) is 18.4 Å². The second-order valence-electron chi connectivity index (χ2n) is 5.92. The van der Waals surface area contributed by atoms with Gasteiger partial charge < -0.3 is 10.2 Å². The van der Waals surface area contributed by atoms with Crippen LogP contribution in [0, 0.1) is 6.92 Å². The number of thiophene rings is 1. The molecule has 0 saturated heterocycles. The van der Waals surface area contributed by atoms with E-state index in [2.05, 4.69) is 20.0 Å². The van der Waals surface area contributed by atoms with E-state index < -0.39 is 10.0 Å². The number of sulfonamides is 1. The zero-order valence-corrected chi connectivity index (χ0v) is 17.3. The van der Waals surface area contributed by atoms with Gasteiger partial charge in [-0.05, 0) is 43.3 Å². The summed E-state index contributed by atoms with van der Waals surface area (Å²) in [6.07, 6.45) is 0. The van der Waals surface area contributed by atoms with Gasteiger partial charge in [0.05, 0.1) is 4.34 Å². The number of benzene rings is 1. The number of anilines is 4. The minimum absolute atomic E-state index is 0.169. The van der Waals surface area contributed by atoms with E-state index in [1.165, 1.54) is 6.07 Å². The van der Waals surface area contributed by atoms with E-state index in [4.69, 9.17) is 11.6 Å². The number of hydrogen-bond acceptors (Lipinski definition) is 7. The van der Waals surface area contributed by atoms with Crippen LogP contribution in [-0.4, -0.2) is 32.5 Å². The Hall–Kier alpha value is -2.36. The smallest absolute Gasteiger partial charge is 0.271 e. The van der Waals surface area contributed by atoms with Crippen molar-refractivity contribution >= 4 is 56.0 Å². The molecule has 0 aliphatic rings. The Kier molecular flexibility index (Phi) is 5.54. The minimum atomic E-state index is -3.65. The first kappa shape index (κ1) is 19.4. The molecule has 0 radical (unpaired) electrons. The lowest BCUT2D eigenvalue weighted by Crippen LogP contribution is -2.12. The third-order valence-corrected chi connectivity index (χ3v) is 6.61. The van der Waals surface area contributed by atoms with Crippen molar-refractivity contribution in [3.63, 3.8) is 0 Å². The summed E-state index contributed by atoms with van der Waals surface area (Å²) in [5.41, 5.74) is 1.23. The van der Waals surface area contributed by atoms with Gasteiger partial charge in [0.2, 0.25) is 0 Å². The normalized spacial score (nSPS) is 11.3. The number of aromatic nitrogens is 2. The Bertz CT molecular complexity index is 1050. The highest BCUT2D eigenvalue weighted by molar-refractivity contribution is 7.94. The maximum Gasteiger partial charge on any atom is 0.271 e. The van der Waals surface area contributed by atoms with E-state index in [1.807, 2.05) is 32.0 Å². The average molecular weight is 424 g/mol. The van der Waals surface area contributed by atoms with Crippen molar-refractivity contribution < 1.29 is 8.42 Å². The van der Waals surface area contributed by atoms with Gasteiger partial charge in [-0.2, -0.15) is 0 Å². The third kappa shape index (κ3) is 4.88. The molecule has 0 unspecified atom stereocenters. The van der Waals surface area contributed by atoms with E-state index in [0.29, 0.717) is 21.7 Å². The van der Waals surface area contributed by atoms with Gasteiger partial charge in [0.25, 0.3) is 10.0 Å². The third-order valence-electron chi connectivity index (χ3n) is 3.51. The maximum absolute atomic E-state index is 12.3. The molecule has 2 aromatic heterocycles. The fourth-order valence-corrected chi connectivity index (χ4v) is 4.80. The summed E-state index contributed by atoms with van der Waals surface area (Å²) >= 11 is 6.82. The van der Waals surface area contributed by atoms with Crippen LogP contribution in [-0.2, 0) is 10.0 Å². The summed E-state index contributed by atoms with van der Waals surface area (Å²) in [4.78, 5) is 10.6. The maximum atomic E-state index is 12.3. The molecule has 7 nitrogen and oxygen atoms in total. The van der Waals surface area contributed by atoms with Gasteiger partial charge >= 0.3 is 0 Å². The number of rotatable bonds is 6. The number of nitrogens with one attached hydrogen (secondary N) is 2. The minimum Gasteiger partial charge on any atom is -0.363 e. The molecular weight excluding hydrogens is 406 g/mol. The van der Waals surface area contributed by atoms with Crippen LogP contribution in [0.1, 0.15) is 5.82 Å². The number of aryl methyl sites for hydroxylation is 1. The zero-order chi connectivity index (χ0) is 19.6. The number of nitrogens with zero attached hydrogens (tertiary/aromatic N) is 3. The van der Waals surface area contributed by atoms with Crippen molar-refractivity contribution in [2.45, 2.75) is 11.1 Å². The van der Waals surface area contributed by atoms with Crippen molar-refractivity contribution in [3.8, 4) is 0 Å². The largest absolute Gasteiger partial charge is 0.363 e. The fraction of sp³-hybridized carbons (Fsp3) is 0.176. The highest BCUT2D eigenvalue weighted by Gasteiger charge is 2.16. The molecule has 142 valence electrons. The van der Waals surface area contributed by atoms with Gasteiger partial charge in [-0.15, -0.1) is 11.3 Å². The fourth-order valence-electron chi connectivity index (χ4n) is 2.26. The second kappa shape index (κ2) is 7.71. The molecule has 3 rings (SSSR count). The molecule has 0 spiro atoms. The van der Waals surface area contributed by atoms with Crippen molar-refractivity contribution in [1.82, 2.24) is 9.97 Å². The van der Waals surface area contributed by atoms with Gasteiger partial charge in [-0.1, -0.05) is 11.6 Å². The summed E-state index contributed by atoms with van der Waals surface area (Å²) in [7, 11) is 0.172. The lowest BCUT2D eigenvalue weighted by molar-refractivity contribution is 0.603. The van der Waals surface area contributed by atoms with Crippen molar-refractivity contribution in [2.75, 3.05) is 29.0 Å². The molecule has 0 atom stereocenters. The van der Waals surface area contributed by atoms with Crippen LogP contribution < -0.4 is 14.9 Å². The van der Waals surface area contributed by atoms with Crippen LogP contribution in [0.25, 0.3) is 0 Å². The lowest BCUT2D eigenvalue weighted by Gasteiger charge is -2.14. The van der Waals surface area contributed by atoms with Gasteiger partial charge in [0.15, 0.2) is 0 Å². The van der Waals surface area contributed by atoms with Crippen LogP contribution in [0.2, 0.25) is 4.34 Å². The van der Waals surface area contributed by atoms with Crippen molar-refractivity contribution in [3.05, 3.63) is 52.6 Å². The first-order valence-corrected chi connectivity index (χ1v) is 10.6. The first-order chi connectivity index (χ1) is 12.7. The SMILES string of the molecule is Cc1nc(Nc2ccc(NS(=O)(=O)c3ccc(Cl)s3)cc2)cc(N(C)C)n1. The Labute approximate surface area is 167 Å². The molecular formula is C17H18ClN5O2S2. The summed E-state index contributed by atoms with van der Waals surface area (Å²) in [5, 5.41) is 3.19. The van der Waals surface area contributed by atoms with Crippen molar-refractivity contribution in [2.24, 2.45) is 0 Å². The van der Waals surface area contributed by atoms with Crippen molar-refractivity contribution in [1.29, 1.82) is 0 Å². The molecule has 2 N–H and O–H groups in total. The van der Waals surface area contributed by atoms with Crippen LogP contribution in [0.15, 0.2) is 46.7 Å². The molecule has 0 amide bonds. The highest BCUT2D eigenvalue weighted by atomic mass is 35.5. The van der Waals surface area contributed by atoms with E-state index in [1.54, 1.807) is 30.3 Å². The van der Waals surface area contributed by atoms with Crippen LogP contribution >= 0.6 is 22.9 Å². The summed E-state index contributed by atoms with van der Waals surface area (Å²) in [6, 6.07) is 11.8. The van der Waals surface area contributed by atoms with E-state index in [-0.39, 0.29) is 4.21 Å². The molecule has 2 heterocycles. The van der Waals surface area contributed by atoms with E-state index >= 15 is 0 Å². The molecule has 1 aromatic carbocycles. The molecule has 27 heavy (non-hydrogen) atoms. The standard InChI is InChI=1S/C17H18ClN5O2S2/c1-11-19-15(10-16(20-11)23(2)3)21-12-4-6-13(7-5-12)22-27(24,25)17-9-8-14(18)26-17/h4-10,22H,1-3H3,(H,19,20,21). The summed E-state index contributed by atoms with van der Waals surface area (Å²) in [6.45, 7) is 1.83. The molecule has 0 bridgehead atoms. The number of hydrogen-bond donors (Lipinski definition) is 2. The number of halogens is 1. The zero-order valence-electron chi connectivity index (χ0n) is 14.9. The monoisotopic (exact) mass is 423 g/mol. The van der Waals surface area contributed by atoms with E-state index in [0.717, 1.165) is 22.8 Å². The average Bonchev–Trinajstić information content (AvgIpc) is 3.03. The predicted molar refractivity (Wildman–Crippen MR) is 111 cm³/mol. The Morgan fingerprint density at radius 2 is 1.70 bits per heavy atom. The summed E-state index contributed by atoms with van der Waals surface area (Å²) < 4.78 is 27.8. The Morgan fingerprint density at radius 3 is 2.30 bits per heavy atom. The van der Waals surface area contributed by atoms with Crippen LogP contribution in [0.3, 0.4) is 0 Å². The molecule has 3 aromatic rings. The Morgan fingerprint density at radius 1 is 1.04 bits per heavy atom. The van der Waals surface area contributed by atoms with Gasteiger partial charge in [0.1, 0.15) is 21.7 Å². The molecule has 0 aliphatic carbocycles. The van der Waals surface area contributed by atoms with Crippen LogP contribution in [0.4, 0.5) is 23.0 Å². The van der Waals surface area contributed by atoms with Gasteiger partial charge in [0, 0.05) is 31.5 Å². The molecule has 0 fully saturated rings. The Balaban J connectivity index is 1.74. The first-order valence-electron chi connectivity index (χ1n) is 7.91. The summed E-state index contributed by atoms with van der Waals surface area (Å²) in [5.74, 6) is 2.11. The van der Waals surface area contributed by atoms with Gasteiger partial charge in [-0.3, -0.25) is 4.72 Å². The molecule has 0 saturated carbocycles. The van der Waals surface area contributed by atoms with Crippen LogP contribution in [0.5, 0.6) is 0 Å². The van der Waals surface area contributed by atoms with E-state index in [9.17, 15) is 8.42 Å².